The zero-order chi connectivity index (χ0) is 16.8. The first-order valence-corrected chi connectivity index (χ1v) is 8.54. The number of carbonyl (C=O) groups is 1. The van der Waals surface area contributed by atoms with E-state index in [9.17, 15) is 4.79 Å². The van der Waals surface area contributed by atoms with Gasteiger partial charge in [0.1, 0.15) is 12.4 Å². The number of ether oxygens (including phenoxy) is 1. The van der Waals surface area contributed by atoms with E-state index in [1.165, 1.54) is 0 Å². The average molecular weight is 342 g/mol. The second-order valence-electron chi connectivity index (χ2n) is 5.22. The molecular weight excluding hydrogens is 324 g/mol. The highest BCUT2D eigenvalue weighted by atomic mass is 32.1. The van der Waals surface area contributed by atoms with Crippen LogP contribution in [0.15, 0.2) is 48.5 Å². The molecule has 0 bridgehead atoms. The van der Waals surface area contributed by atoms with E-state index in [-0.39, 0.29) is 19.1 Å². The van der Waals surface area contributed by atoms with Gasteiger partial charge in [-0.1, -0.05) is 12.1 Å². The molecule has 0 spiro atoms. The highest BCUT2D eigenvalue weighted by Gasteiger charge is 2.07. The lowest BCUT2D eigenvalue weighted by Crippen LogP contribution is -2.12. The number of hydrogen-bond donors (Lipinski definition) is 2. The quantitative estimate of drug-likeness (QED) is 0.691. The Balaban J connectivity index is 1.51. The highest BCUT2D eigenvalue weighted by molar-refractivity contribution is 7.18. The van der Waals surface area contributed by atoms with Crippen LogP contribution in [0.3, 0.4) is 0 Å². The Labute approximate surface area is 143 Å². The van der Waals surface area contributed by atoms with Crippen LogP contribution >= 0.6 is 11.3 Å². The van der Waals surface area contributed by atoms with Crippen molar-refractivity contribution in [3.05, 3.63) is 53.5 Å². The molecule has 0 fully saturated rings. The number of amides is 1. The van der Waals surface area contributed by atoms with Crippen molar-refractivity contribution in [1.29, 1.82) is 0 Å². The van der Waals surface area contributed by atoms with Gasteiger partial charge in [-0.3, -0.25) is 4.79 Å². The zero-order valence-electron chi connectivity index (χ0n) is 13.1. The molecule has 1 heterocycles. The molecule has 6 heteroatoms. The van der Waals surface area contributed by atoms with E-state index < -0.39 is 0 Å². The topological polar surface area (TPSA) is 71.5 Å². The number of nitrogens with one attached hydrogen (secondary N) is 1. The van der Waals surface area contributed by atoms with Crippen LogP contribution in [0, 0.1) is 0 Å². The summed E-state index contributed by atoms with van der Waals surface area (Å²) in [7, 11) is 0. The molecule has 2 N–H and O–H groups in total. The summed E-state index contributed by atoms with van der Waals surface area (Å²) in [5.41, 5.74) is 1.71. The van der Waals surface area contributed by atoms with Crippen molar-refractivity contribution in [3.8, 4) is 5.75 Å². The lowest BCUT2D eigenvalue weighted by atomic mass is 10.2. The van der Waals surface area contributed by atoms with Gasteiger partial charge in [-0.25, -0.2) is 4.98 Å². The number of hydrogen-bond acceptors (Lipinski definition) is 5. The van der Waals surface area contributed by atoms with Gasteiger partial charge in [0.05, 0.1) is 21.8 Å². The molecule has 0 atom stereocenters. The number of benzene rings is 2. The van der Waals surface area contributed by atoms with Gasteiger partial charge in [0, 0.05) is 18.5 Å². The summed E-state index contributed by atoms with van der Waals surface area (Å²) in [6.07, 6.45) is 1.02. The van der Waals surface area contributed by atoms with Crippen molar-refractivity contribution < 1.29 is 14.6 Å². The van der Waals surface area contributed by atoms with Crippen LogP contribution in [0.1, 0.15) is 11.4 Å². The average Bonchev–Trinajstić information content (AvgIpc) is 3.02. The molecule has 0 radical (unpaired) electrons. The summed E-state index contributed by atoms with van der Waals surface area (Å²) in [6.45, 7) is 0.234. The molecule has 0 aliphatic carbocycles. The maximum absolute atomic E-state index is 12.1. The summed E-state index contributed by atoms with van der Waals surface area (Å²) in [4.78, 5) is 16.6. The van der Waals surface area contributed by atoms with Crippen molar-refractivity contribution in [2.24, 2.45) is 0 Å². The second-order valence-corrected chi connectivity index (χ2v) is 6.34. The zero-order valence-corrected chi connectivity index (χ0v) is 13.9. The molecule has 124 valence electrons. The van der Waals surface area contributed by atoms with Crippen LogP contribution < -0.4 is 10.1 Å². The molecule has 3 aromatic rings. The normalized spacial score (nSPS) is 10.7. The summed E-state index contributed by atoms with van der Waals surface area (Å²) < 4.78 is 6.42. The van der Waals surface area contributed by atoms with Gasteiger partial charge < -0.3 is 15.2 Å². The van der Waals surface area contributed by atoms with Gasteiger partial charge in [0.15, 0.2) is 0 Å². The van der Waals surface area contributed by atoms with Gasteiger partial charge in [-0.2, -0.15) is 0 Å². The van der Waals surface area contributed by atoms with Crippen molar-refractivity contribution in [3.63, 3.8) is 0 Å². The van der Waals surface area contributed by atoms with Crippen molar-refractivity contribution in [1.82, 2.24) is 4.98 Å². The van der Waals surface area contributed by atoms with Gasteiger partial charge >= 0.3 is 0 Å². The largest absolute Gasteiger partial charge is 0.491 e. The third kappa shape index (κ3) is 4.31. The number of aryl methyl sites for hydroxylation is 1. The van der Waals surface area contributed by atoms with E-state index in [1.54, 1.807) is 35.6 Å². The number of nitrogens with zero attached hydrogens (tertiary/aromatic N) is 1. The van der Waals surface area contributed by atoms with Crippen molar-refractivity contribution in [2.45, 2.75) is 12.8 Å². The Bertz CT molecular complexity index is 782. The van der Waals surface area contributed by atoms with Crippen LogP contribution in [-0.4, -0.2) is 29.2 Å². The van der Waals surface area contributed by atoms with E-state index in [2.05, 4.69) is 10.3 Å². The minimum Gasteiger partial charge on any atom is -0.491 e. The monoisotopic (exact) mass is 342 g/mol. The Morgan fingerprint density at radius 2 is 1.96 bits per heavy atom. The fourth-order valence-corrected chi connectivity index (χ4v) is 3.24. The molecule has 0 unspecified atom stereocenters. The third-order valence-corrected chi connectivity index (χ3v) is 4.50. The summed E-state index contributed by atoms with van der Waals surface area (Å²) in [6, 6.07) is 15.1. The molecule has 0 saturated carbocycles. The molecule has 5 nitrogen and oxygen atoms in total. The van der Waals surface area contributed by atoms with Crippen LogP contribution in [-0.2, 0) is 11.2 Å². The first-order valence-electron chi connectivity index (χ1n) is 7.72. The van der Waals surface area contributed by atoms with Crippen LogP contribution in [0.5, 0.6) is 5.75 Å². The first-order chi connectivity index (χ1) is 11.7. The number of rotatable bonds is 7. The molecule has 3 rings (SSSR count). The fraction of sp³-hybridized carbons (Fsp3) is 0.222. The Hall–Kier alpha value is -2.44. The maximum atomic E-state index is 12.1. The summed E-state index contributed by atoms with van der Waals surface area (Å²) in [5.74, 6) is 0.620. The predicted molar refractivity (Wildman–Crippen MR) is 95.6 cm³/mol. The smallest absolute Gasteiger partial charge is 0.224 e. The number of thiazole rings is 1. The number of anilines is 1. The number of aliphatic hydroxyl groups is 1. The van der Waals surface area contributed by atoms with Gasteiger partial charge in [-0.15, -0.1) is 11.3 Å². The lowest BCUT2D eigenvalue weighted by Gasteiger charge is -2.07. The molecule has 24 heavy (non-hydrogen) atoms. The Kier molecular flexibility index (Phi) is 5.40. The Morgan fingerprint density at radius 3 is 2.71 bits per heavy atom. The first kappa shape index (κ1) is 16.4. The predicted octanol–water partition coefficient (Wildman–Crippen LogP) is 3.24. The minimum atomic E-state index is -0.0433. The van der Waals surface area contributed by atoms with Crippen molar-refractivity contribution >= 4 is 33.1 Å². The van der Waals surface area contributed by atoms with Crippen LogP contribution in [0.25, 0.3) is 10.2 Å². The highest BCUT2D eigenvalue weighted by Crippen LogP contribution is 2.22. The van der Waals surface area contributed by atoms with Crippen LogP contribution in [0.2, 0.25) is 0 Å². The van der Waals surface area contributed by atoms with E-state index in [0.717, 1.165) is 20.9 Å². The third-order valence-electron chi connectivity index (χ3n) is 3.40. The maximum Gasteiger partial charge on any atom is 0.224 e. The van der Waals surface area contributed by atoms with Crippen molar-refractivity contribution in [2.75, 3.05) is 18.5 Å². The molecule has 1 amide bonds. The lowest BCUT2D eigenvalue weighted by molar-refractivity contribution is -0.116. The number of carbonyl (C=O) groups excluding carboxylic acids is 1. The molecule has 0 aliphatic heterocycles. The van der Waals surface area contributed by atoms with E-state index in [4.69, 9.17) is 9.84 Å². The molecule has 2 aromatic carbocycles. The molecule has 1 aromatic heterocycles. The minimum absolute atomic E-state index is 0.0236. The molecule has 0 saturated heterocycles. The van der Waals surface area contributed by atoms with Gasteiger partial charge in [-0.05, 0) is 36.4 Å². The molecular formula is C18H18N2O3S. The van der Waals surface area contributed by atoms with Crippen LogP contribution in [0.4, 0.5) is 5.69 Å². The standard InChI is InChI=1S/C18H18N2O3S/c21-11-12-23-14-7-5-13(6-8-14)19-17(22)9-10-18-20-15-3-1-2-4-16(15)24-18/h1-8,21H,9-12H2,(H,19,22). The summed E-state index contributed by atoms with van der Waals surface area (Å²) in [5, 5.41) is 12.5. The second kappa shape index (κ2) is 7.90. The van der Waals surface area contributed by atoms with Gasteiger partial charge in [0.2, 0.25) is 5.91 Å². The van der Waals surface area contributed by atoms with E-state index in [1.807, 2.05) is 24.3 Å². The number of para-hydroxylation sites is 1. The summed E-state index contributed by atoms with van der Waals surface area (Å²) >= 11 is 1.63. The van der Waals surface area contributed by atoms with E-state index in [0.29, 0.717) is 18.6 Å². The SMILES string of the molecule is O=C(CCc1nc2ccccc2s1)Nc1ccc(OCCO)cc1. The van der Waals surface area contributed by atoms with E-state index >= 15 is 0 Å². The number of aliphatic hydroxyl groups excluding tert-OH is 1. The fourth-order valence-electron chi connectivity index (χ4n) is 2.27. The number of aromatic nitrogens is 1. The molecule has 0 aliphatic rings. The van der Waals surface area contributed by atoms with Gasteiger partial charge in [0.25, 0.3) is 0 Å². The number of fused-ring (bicyclic) bond motifs is 1. The Morgan fingerprint density at radius 1 is 1.17 bits per heavy atom.